The molecule has 1 amide bonds. The van der Waals surface area contributed by atoms with E-state index in [-0.39, 0.29) is 18.3 Å². The van der Waals surface area contributed by atoms with Gasteiger partial charge in [-0.2, -0.15) is 0 Å². The highest BCUT2D eigenvalue weighted by Crippen LogP contribution is 2.01. The van der Waals surface area contributed by atoms with Gasteiger partial charge in [0, 0.05) is 13.7 Å². The molecule has 1 N–H and O–H groups in total. The zero-order valence-electron chi connectivity index (χ0n) is 8.89. The number of nitrogens with one attached hydrogen (secondary N) is 1. The monoisotopic (exact) mass is 227 g/mol. The van der Waals surface area contributed by atoms with Gasteiger partial charge in [-0.25, -0.2) is 4.79 Å². The molecule has 6 heteroatoms. The Morgan fingerprint density at radius 1 is 1.50 bits per heavy atom. The van der Waals surface area contributed by atoms with Crippen molar-refractivity contribution < 1.29 is 23.5 Å². The molecule has 1 aromatic rings. The lowest BCUT2D eigenvalue weighted by Gasteiger charge is -2.04. The summed E-state index contributed by atoms with van der Waals surface area (Å²) in [6.07, 6.45) is 1.36. The van der Waals surface area contributed by atoms with Crippen LogP contribution in [-0.4, -0.2) is 38.7 Å². The van der Waals surface area contributed by atoms with Gasteiger partial charge in [0.05, 0.1) is 12.9 Å². The summed E-state index contributed by atoms with van der Waals surface area (Å²) < 4.78 is 14.2. The number of furan rings is 1. The average Bonchev–Trinajstić information content (AvgIpc) is 2.79. The molecule has 0 fully saturated rings. The maximum atomic E-state index is 11.2. The molecule has 0 spiro atoms. The van der Waals surface area contributed by atoms with Crippen LogP contribution in [-0.2, 0) is 14.3 Å². The minimum absolute atomic E-state index is 0.0738. The molecule has 6 nitrogen and oxygen atoms in total. The fourth-order valence-electron chi connectivity index (χ4n) is 0.940. The van der Waals surface area contributed by atoms with Crippen LogP contribution in [0, 0.1) is 0 Å². The summed E-state index contributed by atoms with van der Waals surface area (Å²) >= 11 is 0. The van der Waals surface area contributed by atoms with E-state index in [1.807, 2.05) is 0 Å². The van der Waals surface area contributed by atoms with Crippen molar-refractivity contribution in [1.29, 1.82) is 0 Å². The molecule has 0 aliphatic carbocycles. The summed E-state index contributed by atoms with van der Waals surface area (Å²) in [5, 5.41) is 2.51. The molecule has 0 atom stereocenters. The standard InChI is InChI=1S/C10H13NO5/c1-14-6-4-11-9(12)7-16-10(13)8-3-2-5-15-8/h2-3,5H,4,6-7H2,1H3,(H,11,12). The molecule has 16 heavy (non-hydrogen) atoms. The second-order valence-corrected chi connectivity index (χ2v) is 2.90. The van der Waals surface area contributed by atoms with Crippen LogP contribution in [0.2, 0.25) is 0 Å². The number of rotatable bonds is 6. The normalized spacial score (nSPS) is 9.81. The molecule has 0 saturated heterocycles. The number of amides is 1. The number of hydrogen-bond donors (Lipinski definition) is 1. The highest BCUT2D eigenvalue weighted by molar-refractivity contribution is 5.88. The molecule has 0 aliphatic heterocycles. The lowest BCUT2D eigenvalue weighted by molar-refractivity contribution is -0.124. The van der Waals surface area contributed by atoms with E-state index in [1.54, 1.807) is 6.07 Å². The smallest absolute Gasteiger partial charge is 0.374 e. The number of carbonyl (C=O) groups is 2. The van der Waals surface area contributed by atoms with Crippen LogP contribution in [0.5, 0.6) is 0 Å². The van der Waals surface area contributed by atoms with Crippen LogP contribution in [0.15, 0.2) is 22.8 Å². The van der Waals surface area contributed by atoms with Gasteiger partial charge in [0.15, 0.2) is 6.61 Å². The lowest BCUT2D eigenvalue weighted by atomic mass is 10.4. The zero-order valence-corrected chi connectivity index (χ0v) is 8.89. The van der Waals surface area contributed by atoms with Crippen LogP contribution < -0.4 is 5.32 Å². The van der Waals surface area contributed by atoms with E-state index in [0.717, 1.165) is 0 Å². The van der Waals surface area contributed by atoms with Crippen molar-refractivity contribution >= 4 is 11.9 Å². The van der Waals surface area contributed by atoms with Crippen LogP contribution in [0.3, 0.4) is 0 Å². The molecule has 0 saturated carbocycles. The second kappa shape index (κ2) is 6.62. The number of ether oxygens (including phenoxy) is 2. The number of hydrogen-bond acceptors (Lipinski definition) is 5. The van der Waals surface area contributed by atoms with Crippen molar-refractivity contribution in [2.24, 2.45) is 0 Å². The first-order valence-electron chi connectivity index (χ1n) is 4.70. The Hall–Kier alpha value is -1.82. The van der Waals surface area contributed by atoms with E-state index in [0.29, 0.717) is 13.2 Å². The molecule has 0 aromatic carbocycles. The minimum Gasteiger partial charge on any atom is -0.457 e. The Morgan fingerprint density at radius 2 is 2.31 bits per heavy atom. The maximum Gasteiger partial charge on any atom is 0.374 e. The summed E-state index contributed by atoms with van der Waals surface area (Å²) in [6, 6.07) is 3.03. The summed E-state index contributed by atoms with van der Waals surface area (Å²) in [5.41, 5.74) is 0. The van der Waals surface area contributed by atoms with Crippen molar-refractivity contribution in [2.45, 2.75) is 0 Å². The third-order valence-corrected chi connectivity index (χ3v) is 1.69. The summed E-state index contributed by atoms with van der Waals surface area (Å²) in [7, 11) is 1.53. The fraction of sp³-hybridized carbons (Fsp3) is 0.400. The molecular formula is C10H13NO5. The van der Waals surface area contributed by atoms with Gasteiger partial charge in [0.1, 0.15) is 0 Å². The molecule has 0 unspecified atom stereocenters. The summed E-state index contributed by atoms with van der Waals surface area (Å²) in [6.45, 7) is 0.467. The first kappa shape index (κ1) is 12.3. The predicted octanol–water partition coefficient (Wildman–Crippen LogP) is 0.199. The Morgan fingerprint density at radius 3 is 2.94 bits per heavy atom. The Bertz CT molecular complexity index is 333. The van der Waals surface area contributed by atoms with Gasteiger partial charge in [-0.05, 0) is 12.1 Å². The van der Waals surface area contributed by atoms with E-state index in [4.69, 9.17) is 13.9 Å². The van der Waals surface area contributed by atoms with E-state index in [1.165, 1.54) is 19.4 Å². The third-order valence-electron chi connectivity index (χ3n) is 1.69. The van der Waals surface area contributed by atoms with Gasteiger partial charge in [0.25, 0.3) is 5.91 Å². The quantitative estimate of drug-likeness (QED) is 0.554. The highest BCUT2D eigenvalue weighted by Gasteiger charge is 2.11. The molecule has 1 aromatic heterocycles. The summed E-state index contributed by atoms with van der Waals surface area (Å²) in [4.78, 5) is 22.3. The number of esters is 1. The maximum absolute atomic E-state index is 11.2. The van der Waals surface area contributed by atoms with Crippen LogP contribution in [0.25, 0.3) is 0 Å². The van der Waals surface area contributed by atoms with Gasteiger partial charge in [-0.1, -0.05) is 0 Å². The largest absolute Gasteiger partial charge is 0.457 e. The zero-order chi connectivity index (χ0) is 11.8. The fourth-order valence-corrected chi connectivity index (χ4v) is 0.940. The van der Waals surface area contributed by atoms with Crippen LogP contribution in [0.1, 0.15) is 10.6 Å². The van der Waals surface area contributed by atoms with Gasteiger partial charge >= 0.3 is 5.97 Å². The van der Waals surface area contributed by atoms with Gasteiger partial charge < -0.3 is 19.2 Å². The topological polar surface area (TPSA) is 77.8 Å². The number of methoxy groups -OCH3 is 1. The van der Waals surface area contributed by atoms with Crippen molar-refractivity contribution in [3.05, 3.63) is 24.2 Å². The first-order valence-corrected chi connectivity index (χ1v) is 4.70. The van der Waals surface area contributed by atoms with E-state index in [9.17, 15) is 9.59 Å². The second-order valence-electron chi connectivity index (χ2n) is 2.90. The number of carbonyl (C=O) groups excluding carboxylic acids is 2. The SMILES string of the molecule is COCCNC(=O)COC(=O)c1ccco1. The summed E-state index contributed by atoms with van der Waals surface area (Å²) in [5.74, 6) is -0.964. The van der Waals surface area contributed by atoms with Gasteiger partial charge in [-0.15, -0.1) is 0 Å². The van der Waals surface area contributed by atoms with E-state index < -0.39 is 5.97 Å². The average molecular weight is 227 g/mol. The highest BCUT2D eigenvalue weighted by atomic mass is 16.5. The van der Waals surface area contributed by atoms with Gasteiger partial charge in [0.2, 0.25) is 5.76 Å². The Labute approximate surface area is 92.5 Å². The molecule has 0 aliphatic rings. The Kier molecular flexibility index (Phi) is 5.07. The molecule has 0 radical (unpaired) electrons. The molecule has 1 heterocycles. The molecule has 88 valence electrons. The minimum atomic E-state index is -0.660. The van der Waals surface area contributed by atoms with Crippen molar-refractivity contribution in [3.8, 4) is 0 Å². The van der Waals surface area contributed by atoms with Crippen molar-refractivity contribution in [2.75, 3.05) is 26.9 Å². The molecular weight excluding hydrogens is 214 g/mol. The Balaban J connectivity index is 2.19. The third kappa shape index (κ3) is 4.14. The van der Waals surface area contributed by atoms with E-state index in [2.05, 4.69) is 5.32 Å². The van der Waals surface area contributed by atoms with Crippen molar-refractivity contribution in [1.82, 2.24) is 5.32 Å². The van der Waals surface area contributed by atoms with Gasteiger partial charge in [-0.3, -0.25) is 4.79 Å². The van der Waals surface area contributed by atoms with Crippen molar-refractivity contribution in [3.63, 3.8) is 0 Å². The lowest BCUT2D eigenvalue weighted by Crippen LogP contribution is -2.31. The van der Waals surface area contributed by atoms with Crippen LogP contribution in [0.4, 0.5) is 0 Å². The first-order chi connectivity index (χ1) is 7.74. The predicted molar refractivity (Wildman–Crippen MR) is 53.9 cm³/mol. The van der Waals surface area contributed by atoms with Crippen LogP contribution >= 0.6 is 0 Å². The molecule has 1 rings (SSSR count). The van der Waals surface area contributed by atoms with E-state index >= 15 is 0 Å². The molecule has 0 bridgehead atoms.